The lowest BCUT2D eigenvalue weighted by molar-refractivity contribution is -0.159. The van der Waals surface area contributed by atoms with Gasteiger partial charge in [-0.2, -0.15) is 0 Å². The molecular formula is C33H43N3O7. The van der Waals surface area contributed by atoms with Crippen LogP contribution in [0.1, 0.15) is 71.2 Å². The smallest absolute Gasteiger partial charge is 0.408 e. The first-order chi connectivity index (χ1) is 20.1. The Labute approximate surface area is 254 Å². The molecule has 0 aromatic heterocycles. The number of rotatable bonds is 11. The van der Waals surface area contributed by atoms with Crippen molar-refractivity contribution >= 4 is 23.9 Å². The van der Waals surface area contributed by atoms with Crippen LogP contribution < -0.4 is 10.6 Å². The van der Waals surface area contributed by atoms with Gasteiger partial charge in [-0.05, 0) is 65.7 Å². The van der Waals surface area contributed by atoms with Gasteiger partial charge in [-0.25, -0.2) is 9.59 Å². The topological polar surface area (TPSA) is 134 Å². The number of amides is 3. The lowest BCUT2D eigenvalue weighted by Gasteiger charge is -2.34. The number of hydrogen-bond acceptors (Lipinski definition) is 7. The van der Waals surface area contributed by atoms with E-state index in [1.165, 1.54) is 4.90 Å². The first-order valence-corrected chi connectivity index (χ1v) is 14.1. The minimum Gasteiger partial charge on any atom is -0.458 e. The molecule has 0 spiro atoms. The maximum atomic E-state index is 14.2. The van der Waals surface area contributed by atoms with E-state index < -0.39 is 59.8 Å². The third-order valence-electron chi connectivity index (χ3n) is 6.06. The minimum absolute atomic E-state index is 0.00187. The molecule has 0 aliphatic carbocycles. The van der Waals surface area contributed by atoms with Gasteiger partial charge in [0.2, 0.25) is 11.8 Å². The molecule has 0 radical (unpaired) electrons. The molecule has 10 heteroatoms. The fourth-order valence-corrected chi connectivity index (χ4v) is 4.29. The Kier molecular flexibility index (Phi) is 12.3. The normalized spacial score (nSPS) is 13.5. The average Bonchev–Trinajstić information content (AvgIpc) is 2.92. The van der Waals surface area contributed by atoms with Crippen LogP contribution in [-0.4, -0.2) is 70.3 Å². The molecule has 3 N–H and O–H groups in total. The molecule has 10 nitrogen and oxygen atoms in total. The van der Waals surface area contributed by atoms with E-state index >= 15 is 0 Å². The van der Waals surface area contributed by atoms with Crippen LogP contribution in [0.4, 0.5) is 4.79 Å². The van der Waals surface area contributed by atoms with Crippen LogP contribution in [0.3, 0.4) is 0 Å². The van der Waals surface area contributed by atoms with Gasteiger partial charge in [0, 0.05) is 18.5 Å². The number of carbonyl (C=O) groups is 4. The first-order valence-electron chi connectivity index (χ1n) is 14.1. The number of aliphatic hydroxyl groups excluding tert-OH is 1. The number of ether oxygens (including phenoxy) is 2. The Bertz CT molecular complexity index is 1310. The molecular weight excluding hydrogens is 550 g/mol. The van der Waals surface area contributed by atoms with Gasteiger partial charge in [0.25, 0.3) is 0 Å². The van der Waals surface area contributed by atoms with Gasteiger partial charge in [-0.1, -0.05) is 54.5 Å². The molecule has 2 aromatic rings. The number of nitrogens with zero attached hydrogens (tertiary/aromatic N) is 1. The molecule has 0 bridgehead atoms. The predicted molar refractivity (Wildman–Crippen MR) is 163 cm³/mol. The Morgan fingerprint density at radius 1 is 0.884 bits per heavy atom. The molecule has 0 aliphatic rings. The highest BCUT2D eigenvalue weighted by Gasteiger charge is 2.38. The largest absolute Gasteiger partial charge is 0.458 e. The van der Waals surface area contributed by atoms with Crippen molar-refractivity contribution in [1.29, 1.82) is 0 Å². The number of likely N-dealkylation sites (N-methyl/N-ethyl adjacent to an activating group) is 1. The molecule has 3 atom stereocenters. The fourth-order valence-electron chi connectivity index (χ4n) is 4.29. The van der Waals surface area contributed by atoms with Crippen LogP contribution in [0.5, 0.6) is 0 Å². The van der Waals surface area contributed by atoms with Gasteiger partial charge in [0.15, 0.2) is 0 Å². The van der Waals surface area contributed by atoms with Crippen molar-refractivity contribution in [2.24, 2.45) is 0 Å². The van der Waals surface area contributed by atoms with E-state index in [0.717, 1.165) is 5.56 Å². The van der Waals surface area contributed by atoms with E-state index in [1.807, 2.05) is 30.3 Å². The lowest BCUT2D eigenvalue weighted by atomic mass is 9.96. The van der Waals surface area contributed by atoms with Crippen LogP contribution in [0.15, 0.2) is 54.6 Å². The molecule has 2 rings (SSSR count). The molecule has 232 valence electrons. The highest BCUT2D eigenvalue weighted by Crippen LogP contribution is 2.26. The summed E-state index contributed by atoms with van der Waals surface area (Å²) in [5.74, 6) is 0.452. The number of nitrogens with one attached hydrogen (secondary N) is 2. The lowest BCUT2D eigenvalue weighted by Crippen LogP contribution is -2.56. The Balaban J connectivity index is 2.54. The second-order valence-corrected chi connectivity index (χ2v) is 11.9. The maximum Gasteiger partial charge on any atom is 0.408 e. The molecule has 2 aromatic carbocycles. The quantitative estimate of drug-likeness (QED) is 0.268. The molecule has 43 heavy (non-hydrogen) atoms. The molecule has 0 saturated heterocycles. The summed E-state index contributed by atoms with van der Waals surface area (Å²) in [5.41, 5.74) is -0.203. The molecule has 3 unspecified atom stereocenters. The Morgan fingerprint density at radius 3 is 2.00 bits per heavy atom. The van der Waals surface area contributed by atoms with Crippen molar-refractivity contribution in [2.45, 2.75) is 84.2 Å². The van der Waals surface area contributed by atoms with Crippen molar-refractivity contribution in [3.63, 3.8) is 0 Å². The molecule has 0 saturated carbocycles. The van der Waals surface area contributed by atoms with Gasteiger partial charge in [0.05, 0.1) is 6.61 Å². The van der Waals surface area contributed by atoms with Crippen LogP contribution in [0.2, 0.25) is 0 Å². The second kappa shape index (κ2) is 15.2. The number of carbonyl (C=O) groups excluding carboxylic acids is 4. The monoisotopic (exact) mass is 593 g/mol. The summed E-state index contributed by atoms with van der Waals surface area (Å²) < 4.78 is 10.9. The van der Waals surface area contributed by atoms with E-state index in [0.29, 0.717) is 11.1 Å². The fraction of sp³-hybridized carbons (Fsp3) is 0.455. The van der Waals surface area contributed by atoms with Gasteiger partial charge in [0.1, 0.15) is 29.3 Å². The SMILES string of the molecule is C#Cc1ccccc1C(C(=O)NC(Cc1ccccc1)C(=O)OC(C)(C)C)N(CC)C(=O)C(CO)NC(=O)OC(C)(C)C. The standard InChI is InChI=1S/C33H43N3O7/c1-9-23-18-14-15-19-24(23)27(36(10-2)29(39)26(21-37)35-31(41)43-33(6,7)8)28(38)34-25(30(40)42-32(3,4)5)20-22-16-12-11-13-17-22/h1,11-19,25-27,37H,10,20-21H2,2-8H3,(H,34,38)(H,35,41). The third-order valence-corrected chi connectivity index (χ3v) is 6.06. The zero-order valence-corrected chi connectivity index (χ0v) is 26.0. The van der Waals surface area contributed by atoms with Gasteiger partial charge in [-0.15, -0.1) is 6.42 Å². The molecule has 0 aliphatic heterocycles. The zero-order chi connectivity index (χ0) is 32.4. The summed E-state index contributed by atoms with van der Waals surface area (Å²) in [4.78, 5) is 54.9. The van der Waals surface area contributed by atoms with Gasteiger partial charge >= 0.3 is 12.1 Å². The van der Waals surface area contributed by atoms with E-state index in [4.69, 9.17) is 15.9 Å². The number of terminal acetylenes is 1. The summed E-state index contributed by atoms with van der Waals surface area (Å²) in [5, 5.41) is 15.2. The second-order valence-electron chi connectivity index (χ2n) is 11.9. The molecule has 0 fully saturated rings. The van der Waals surface area contributed by atoms with Crippen molar-refractivity contribution < 1.29 is 33.8 Å². The van der Waals surface area contributed by atoms with Crippen LogP contribution in [0.25, 0.3) is 0 Å². The van der Waals surface area contributed by atoms with Crippen LogP contribution in [-0.2, 0) is 30.3 Å². The summed E-state index contributed by atoms with van der Waals surface area (Å²) in [6.45, 7) is 11.0. The van der Waals surface area contributed by atoms with Crippen molar-refractivity contribution in [1.82, 2.24) is 15.5 Å². The third kappa shape index (κ3) is 10.8. The van der Waals surface area contributed by atoms with Gasteiger partial charge < -0.3 is 30.1 Å². The summed E-state index contributed by atoms with van der Waals surface area (Å²) in [6, 6.07) is 11.9. The van der Waals surface area contributed by atoms with E-state index in [-0.39, 0.29) is 13.0 Å². The van der Waals surface area contributed by atoms with Crippen molar-refractivity contribution in [3.05, 3.63) is 71.3 Å². The first kappa shape index (κ1) is 34.8. The summed E-state index contributed by atoms with van der Waals surface area (Å²) >= 11 is 0. The molecule has 3 amide bonds. The number of aliphatic hydroxyl groups is 1. The highest BCUT2D eigenvalue weighted by atomic mass is 16.6. The van der Waals surface area contributed by atoms with Crippen molar-refractivity contribution in [3.8, 4) is 12.3 Å². The van der Waals surface area contributed by atoms with E-state index in [1.54, 1.807) is 72.7 Å². The summed E-state index contributed by atoms with van der Waals surface area (Å²) in [6.07, 6.45) is 4.99. The highest BCUT2D eigenvalue weighted by molar-refractivity contribution is 5.94. The predicted octanol–water partition coefficient (Wildman–Crippen LogP) is 3.51. The Morgan fingerprint density at radius 2 is 1.47 bits per heavy atom. The zero-order valence-electron chi connectivity index (χ0n) is 26.0. The van der Waals surface area contributed by atoms with Crippen LogP contribution >= 0.6 is 0 Å². The van der Waals surface area contributed by atoms with E-state index in [9.17, 15) is 24.3 Å². The van der Waals surface area contributed by atoms with Crippen molar-refractivity contribution in [2.75, 3.05) is 13.2 Å². The molecule has 0 heterocycles. The number of hydrogen-bond donors (Lipinski definition) is 3. The maximum absolute atomic E-state index is 14.2. The average molecular weight is 594 g/mol. The minimum atomic E-state index is -1.42. The number of alkyl carbamates (subject to hydrolysis) is 1. The van der Waals surface area contributed by atoms with Gasteiger partial charge in [-0.3, -0.25) is 9.59 Å². The van der Waals surface area contributed by atoms with E-state index in [2.05, 4.69) is 16.6 Å². The number of benzene rings is 2. The summed E-state index contributed by atoms with van der Waals surface area (Å²) in [7, 11) is 0. The van der Waals surface area contributed by atoms with Crippen LogP contribution in [0, 0.1) is 12.3 Å². The Hall–Kier alpha value is -4.36. The number of esters is 1.